The van der Waals surface area contributed by atoms with E-state index in [9.17, 15) is 29.1 Å². The third-order valence-electron chi connectivity index (χ3n) is 5.58. The van der Waals surface area contributed by atoms with E-state index < -0.39 is 53.8 Å². The van der Waals surface area contributed by atoms with Crippen LogP contribution in [0.15, 0.2) is 30.3 Å². The molecule has 3 amide bonds. The number of amides is 3. The molecule has 4 atom stereocenters. The molecule has 37 heavy (non-hydrogen) atoms. The summed E-state index contributed by atoms with van der Waals surface area (Å²) >= 11 is 0. The number of benzene rings is 1. The number of aliphatic carboxylic acids is 2. The second-order valence-corrected chi connectivity index (χ2v) is 10.0. The van der Waals surface area contributed by atoms with Crippen LogP contribution >= 0.6 is 0 Å². The van der Waals surface area contributed by atoms with Crippen LogP contribution in [0.2, 0.25) is 0 Å². The van der Waals surface area contributed by atoms with Crippen LogP contribution in [0.5, 0.6) is 0 Å². The van der Waals surface area contributed by atoms with E-state index in [0.29, 0.717) is 0 Å². The first-order valence-electron chi connectivity index (χ1n) is 12.4. The summed E-state index contributed by atoms with van der Waals surface area (Å²) in [4.78, 5) is 61.4. The molecule has 11 nitrogen and oxygen atoms in total. The maximum absolute atomic E-state index is 13.3. The summed E-state index contributed by atoms with van der Waals surface area (Å²) in [5.74, 6) is -4.20. The van der Waals surface area contributed by atoms with Crippen molar-refractivity contribution in [2.45, 2.75) is 84.0 Å². The quantitative estimate of drug-likeness (QED) is 0.186. The van der Waals surface area contributed by atoms with Gasteiger partial charge in [0.25, 0.3) is 0 Å². The summed E-state index contributed by atoms with van der Waals surface area (Å²) in [5, 5.41) is 26.1. The monoisotopic (exact) mass is 520 g/mol. The van der Waals surface area contributed by atoms with Crippen LogP contribution in [-0.2, 0) is 30.4 Å². The van der Waals surface area contributed by atoms with Gasteiger partial charge in [0.15, 0.2) is 0 Å². The van der Waals surface area contributed by atoms with Crippen LogP contribution in [0.1, 0.15) is 58.9 Å². The number of carbonyl (C=O) groups is 5. The highest BCUT2D eigenvalue weighted by Gasteiger charge is 2.31. The number of nitrogens with one attached hydrogen (secondary N) is 3. The maximum Gasteiger partial charge on any atom is 0.326 e. The zero-order chi connectivity index (χ0) is 28.1. The van der Waals surface area contributed by atoms with Crippen LogP contribution in [0, 0.1) is 11.8 Å². The minimum atomic E-state index is -1.17. The number of hydrogen-bond donors (Lipinski definition) is 6. The molecule has 0 aliphatic carbocycles. The Bertz CT molecular complexity index is 921. The molecule has 0 aliphatic rings. The second-order valence-electron chi connectivity index (χ2n) is 10.0. The highest BCUT2D eigenvalue weighted by Crippen LogP contribution is 2.11. The molecule has 0 radical (unpaired) electrons. The molecule has 0 aromatic heterocycles. The van der Waals surface area contributed by atoms with Gasteiger partial charge in [0.2, 0.25) is 17.7 Å². The molecular weight excluding hydrogens is 480 g/mol. The first-order chi connectivity index (χ1) is 17.3. The van der Waals surface area contributed by atoms with Crippen molar-refractivity contribution in [2.75, 3.05) is 0 Å². The van der Waals surface area contributed by atoms with E-state index in [1.165, 1.54) is 0 Å². The fraction of sp³-hybridized carbons (Fsp3) is 0.577. The lowest BCUT2D eigenvalue weighted by atomic mass is 9.99. The average molecular weight is 521 g/mol. The first kappa shape index (κ1) is 31.6. The van der Waals surface area contributed by atoms with Crippen molar-refractivity contribution < 1.29 is 34.2 Å². The van der Waals surface area contributed by atoms with Crippen molar-refractivity contribution in [2.24, 2.45) is 17.6 Å². The fourth-order valence-corrected chi connectivity index (χ4v) is 3.69. The van der Waals surface area contributed by atoms with E-state index >= 15 is 0 Å². The summed E-state index contributed by atoms with van der Waals surface area (Å²) < 4.78 is 0. The highest BCUT2D eigenvalue weighted by atomic mass is 16.4. The van der Waals surface area contributed by atoms with E-state index in [4.69, 9.17) is 10.8 Å². The van der Waals surface area contributed by atoms with Crippen LogP contribution in [-0.4, -0.2) is 64.0 Å². The molecule has 7 N–H and O–H groups in total. The number of carboxylic acids is 2. The third-order valence-corrected chi connectivity index (χ3v) is 5.58. The number of hydrogen-bond acceptors (Lipinski definition) is 6. The van der Waals surface area contributed by atoms with Gasteiger partial charge in [-0.05, 0) is 36.7 Å². The molecule has 4 unspecified atom stereocenters. The van der Waals surface area contributed by atoms with E-state index in [0.717, 1.165) is 5.56 Å². The van der Waals surface area contributed by atoms with Gasteiger partial charge in [0.05, 0.1) is 6.04 Å². The second kappa shape index (κ2) is 15.6. The highest BCUT2D eigenvalue weighted by molar-refractivity contribution is 5.94. The molecule has 206 valence electrons. The van der Waals surface area contributed by atoms with Crippen molar-refractivity contribution in [1.82, 2.24) is 16.0 Å². The maximum atomic E-state index is 13.3. The number of carboxylic acid groups (broad SMARTS) is 2. The average Bonchev–Trinajstić information content (AvgIpc) is 2.80. The standard InChI is InChI=1S/C26H40N4O7/c1-15(2)12-19(24(34)30-21(26(36)37)13-16(3)4)29-25(35)20(14-17-8-6-5-7-9-17)28-23(33)18(27)10-11-22(31)32/h5-9,15-16,18-21H,10-14,27H2,1-4H3,(H,28,33)(H,29,35)(H,30,34)(H,31,32)(H,36,37). The molecule has 0 saturated heterocycles. The van der Waals surface area contributed by atoms with E-state index in [1.807, 2.05) is 27.7 Å². The van der Waals surface area contributed by atoms with E-state index in [1.54, 1.807) is 30.3 Å². The SMILES string of the molecule is CC(C)CC(NC(=O)C(CC(C)C)NC(=O)C(Cc1ccccc1)NC(=O)C(N)CCC(=O)O)C(=O)O. The summed E-state index contributed by atoms with van der Waals surface area (Å²) in [6.07, 6.45) is 0.165. The van der Waals surface area contributed by atoms with Crippen LogP contribution in [0.25, 0.3) is 0 Å². The zero-order valence-corrected chi connectivity index (χ0v) is 21.9. The number of rotatable bonds is 16. The summed E-state index contributed by atoms with van der Waals surface area (Å²) in [5.41, 5.74) is 6.56. The Balaban J connectivity index is 3.09. The van der Waals surface area contributed by atoms with Gasteiger partial charge >= 0.3 is 11.9 Å². The van der Waals surface area contributed by atoms with Crippen molar-refractivity contribution in [1.29, 1.82) is 0 Å². The normalized spacial score (nSPS) is 14.4. The third kappa shape index (κ3) is 12.4. The Morgan fingerprint density at radius 1 is 0.757 bits per heavy atom. The smallest absolute Gasteiger partial charge is 0.326 e. The van der Waals surface area contributed by atoms with Crippen LogP contribution < -0.4 is 21.7 Å². The minimum Gasteiger partial charge on any atom is -0.481 e. The molecule has 1 aromatic carbocycles. The number of carbonyl (C=O) groups excluding carboxylic acids is 3. The molecule has 0 saturated carbocycles. The van der Waals surface area contributed by atoms with E-state index in [2.05, 4.69) is 16.0 Å². The van der Waals surface area contributed by atoms with Gasteiger partial charge in [-0.2, -0.15) is 0 Å². The molecule has 0 heterocycles. The molecule has 0 fully saturated rings. The number of nitrogens with two attached hydrogens (primary N) is 1. The van der Waals surface area contributed by atoms with Gasteiger partial charge in [0.1, 0.15) is 18.1 Å². The first-order valence-corrected chi connectivity index (χ1v) is 12.4. The largest absolute Gasteiger partial charge is 0.481 e. The minimum absolute atomic E-state index is 0.00367. The van der Waals surface area contributed by atoms with Gasteiger partial charge < -0.3 is 31.9 Å². The Morgan fingerprint density at radius 3 is 1.76 bits per heavy atom. The lowest BCUT2D eigenvalue weighted by Gasteiger charge is -2.26. The Kier molecular flexibility index (Phi) is 13.3. The van der Waals surface area contributed by atoms with Crippen LogP contribution in [0.3, 0.4) is 0 Å². The fourth-order valence-electron chi connectivity index (χ4n) is 3.69. The molecule has 0 bridgehead atoms. The van der Waals surface area contributed by atoms with Gasteiger partial charge in [-0.25, -0.2) is 4.79 Å². The predicted molar refractivity (Wildman–Crippen MR) is 137 cm³/mol. The molecular formula is C26H40N4O7. The topological polar surface area (TPSA) is 188 Å². The van der Waals surface area contributed by atoms with E-state index in [-0.39, 0.29) is 43.9 Å². The lowest BCUT2D eigenvalue weighted by Crippen LogP contribution is -2.58. The van der Waals surface area contributed by atoms with Crippen molar-refractivity contribution in [3.8, 4) is 0 Å². The predicted octanol–water partition coefficient (Wildman–Crippen LogP) is 1.05. The summed E-state index contributed by atoms with van der Waals surface area (Å²) in [6.45, 7) is 7.40. The van der Waals surface area contributed by atoms with Crippen LogP contribution in [0.4, 0.5) is 0 Å². The zero-order valence-electron chi connectivity index (χ0n) is 21.9. The molecule has 1 rings (SSSR count). The molecule has 0 spiro atoms. The Morgan fingerprint density at radius 2 is 1.24 bits per heavy atom. The molecule has 11 heteroatoms. The lowest BCUT2D eigenvalue weighted by molar-refractivity contribution is -0.143. The van der Waals surface area contributed by atoms with Gasteiger partial charge in [-0.3, -0.25) is 19.2 Å². The van der Waals surface area contributed by atoms with Gasteiger partial charge in [-0.15, -0.1) is 0 Å². The van der Waals surface area contributed by atoms with Crippen molar-refractivity contribution in [3.63, 3.8) is 0 Å². The van der Waals surface area contributed by atoms with Crippen molar-refractivity contribution in [3.05, 3.63) is 35.9 Å². The molecule has 0 aliphatic heterocycles. The Hall–Kier alpha value is -3.47. The van der Waals surface area contributed by atoms with Gasteiger partial charge in [-0.1, -0.05) is 58.0 Å². The Labute approximate surface area is 217 Å². The van der Waals surface area contributed by atoms with Crippen molar-refractivity contribution >= 4 is 29.7 Å². The summed E-state index contributed by atoms with van der Waals surface area (Å²) in [7, 11) is 0. The van der Waals surface area contributed by atoms with Gasteiger partial charge in [0, 0.05) is 12.8 Å². The molecule has 1 aromatic rings. The summed E-state index contributed by atoms with van der Waals surface area (Å²) in [6, 6.07) is 4.54.